The molecule has 188 valence electrons. The van der Waals surface area contributed by atoms with Gasteiger partial charge in [-0.3, -0.25) is 14.5 Å². The van der Waals surface area contributed by atoms with Gasteiger partial charge in [-0.25, -0.2) is 0 Å². The van der Waals surface area contributed by atoms with Crippen molar-refractivity contribution in [1.29, 1.82) is 0 Å². The summed E-state index contributed by atoms with van der Waals surface area (Å²) in [5, 5.41) is 2.18. The highest BCUT2D eigenvalue weighted by atomic mass is 32.1. The number of thiophene rings is 1. The van der Waals surface area contributed by atoms with Crippen LogP contribution in [0.1, 0.15) is 45.7 Å². The molecule has 0 saturated carbocycles. The largest absolute Gasteiger partial charge is 0.497 e. The number of carbonyl (C=O) groups excluding carboxylic acids is 2. The third-order valence-corrected chi connectivity index (χ3v) is 8.35. The van der Waals surface area contributed by atoms with Crippen LogP contribution in [0.5, 0.6) is 5.75 Å². The van der Waals surface area contributed by atoms with Crippen LogP contribution in [0.15, 0.2) is 66.0 Å². The van der Waals surface area contributed by atoms with Crippen molar-refractivity contribution in [3.8, 4) is 5.75 Å². The third-order valence-electron chi connectivity index (χ3n) is 7.35. The van der Waals surface area contributed by atoms with E-state index in [-0.39, 0.29) is 23.9 Å². The first kappa shape index (κ1) is 24.5. The van der Waals surface area contributed by atoms with Crippen molar-refractivity contribution in [3.63, 3.8) is 0 Å². The first-order valence-electron chi connectivity index (χ1n) is 12.6. The van der Waals surface area contributed by atoms with Gasteiger partial charge in [0.25, 0.3) is 5.91 Å². The van der Waals surface area contributed by atoms with Crippen molar-refractivity contribution in [2.45, 2.75) is 31.8 Å². The summed E-state index contributed by atoms with van der Waals surface area (Å²) < 4.78 is 5.27. The van der Waals surface area contributed by atoms with Crippen LogP contribution in [0.3, 0.4) is 0 Å². The third kappa shape index (κ3) is 5.04. The monoisotopic (exact) mass is 503 g/mol. The molecular weight excluding hydrogens is 470 g/mol. The molecule has 1 saturated heterocycles. The highest BCUT2D eigenvalue weighted by Gasteiger charge is 2.32. The van der Waals surface area contributed by atoms with E-state index in [0.29, 0.717) is 37.4 Å². The van der Waals surface area contributed by atoms with E-state index in [1.165, 1.54) is 16.0 Å². The number of piperazine rings is 1. The van der Waals surface area contributed by atoms with E-state index in [0.717, 1.165) is 19.5 Å². The van der Waals surface area contributed by atoms with Crippen molar-refractivity contribution < 1.29 is 14.3 Å². The Bertz CT molecular complexity index is 1210. The molecule has 0 N–H and O–H groups in total. The zero-order valence-corrected chi connectivity index (χ0v) is 21.7. The summed E-state index contributed by atoms with van der Waals surface area (Å²) >= 11 is 1.83. The van der Waals surface area contributed by atoms with Crippen molar-refractivity contribution in [2.75, 3.05) is 39.8 Å². The molecule has 3 heterocycles. The molecule has 6 nitrogen and oxygen atoms in total. The molecule has 0 spiro atoms. The second kappa shape index (κ2) is 10.8. The van der Waals surface area contributed by atoms with Crippen molar-refractivity contribution in [2.24, 2.45) is 0 Å². The van der Waals surface area contributed by atoms with Gasteiger partial charge in [-0.15, -0.1) is 11.3 Å². The maximum atomic E-state index is 13.2. The summed E-state index contributed by atoms with van der Waals surface area (Å²) in [7, 11) is 1.60. The molecule has 7 heteroatoms. The van der Waals surface area contributed by atoms with E-state index >= 15 is 0 Å². The van der Waals surface area contributed by atoms with Gasteiger partial charge in [-0.2, -0.15) is 0 Å². The van der Waals surface area contributed by atoms with Crippen LogP contribution in [-0.4, -0.2) is 72.4 Å². The average molecular weight is 504 g/mol. The molecule has 1 aromatic heterocycles. The predicted octanol–water partition coefficient (Wildman–Crippen LogP) is 4.47. The maximum absolute atomic E-state index is 13.2. The number of amides is 2. The minimum absolute atomic E-state index is 0.0147. The molecule has 0 bridgehead atoms. The van der Waals surface area contributed by atoms with Crippen LogP contribution >= 0.6 is 11.3 Å². The van der Waals surface area contributed by atoms with Gasteiger partial charge in [-0.05, 0) is 54.1 Å². The van der Waals surface area contributed by atoms with Crippen LogP contribution in [0.25, 0.3) is 0 Å². The van der Waals surface area contributed by atoms with Gasteiger partial charge >= 0.3 is 0 Å². The number of nitrogens with zero attached hydrogens (tertiary/aromatic N) is 3. The molecule has 2 amide bonds. The summed E-state index contributed by atoms with van der Waals surface area (Å²) in [4.78, 5) is 34.0. The minimum atomic E-state index is -0.0400. The fourth-order valence-electron chi connectivity index (χ4n) is 5.44. The summed E-state index contributed by atoms with van der Waals surface area (Å²) in [6, 6.07) is 20.3. The zero-order valence-electron chi connectivity index (χ0n) is 20.9. The van der Waals surface area contributed by atoms with Gasteiger partial charge in [0.2, 0.25) is 5.91 Å². The number of fused-ring (bicyclic) bond motifs is 1. The van der Waals surface area contributed by atoms with Gasteiger partial charge in [0.1, 0.15) is 5.75 Å². The first-order valence-corrected chi connectivity index (χ1v) is 13.5. The fourth-order valence-corrected chi connectivity index (χ4v) is 6.34. The van der Waals surface area contributed by atoms with Crippen LogP contribution in [0.4, 0.5) is 0 Å². The highest BCUT2D eigenvalue weighted by Crippen LogP contribution is 2.37. The summed E-state index contributed by atoms with van der Waals surface area (Å²) in [5.74, 6) is 0.820. The maximum Gasteiger partial charge on any atom is 0.254 e. The molecule has 2 aliphatic rings. The lowest BCUT2D eigenvalue weighted by Crippen LogP contribution is -2.55. The Morgan fingerprint density at radius 2 is 1.86 bits per heavy atom. The topological polar surface area (TPSA) is 53.1 Å². The van der Waals surface area contributed by atoms with E-state index < -0.39 is 0 Å². The van der Waals surface area contributed by atoms with E-state index in [2.05, 4.69) is 46.7 Å². The van der Waals surface area contributed by atoms with Gasteiger partial charge in [0, 0.05) is 55.6 Å². The van der Waals surface area contributed by atoms with E-state index in [1.54, 1.807) is 13.2 Å². The van der Waals surface area contributed by atoms with Gasteiger partial charge in [-0.1, -0.05) is 36.4 Å². The first-order chi connectivity index (χ1) is 17.5. The molecular formula is C29H33N3O3S. The Morgan fingerprint density at radius 3 is 2.64 bits per heavy atom. The second-order valence-corrected chi connectivity index (χ2v) is 10.6. The molecule has 36 heavy (non-hydrogen) atoms. The minimum Gasteiger partial charge on any atom is -0.497 e. The Kier molecular flexibility index (Phi) is 7.39. The molecule has 0 aliphatic carbocycles. The lowest BCUT2D eigenvalue weighted by Gasteiger charge is -2.41. The number of ether oxygens (including phenoxy) is 1. The number of benzene rings is 2. The van der Waals surface area contributed by atoms with Crippen molar-refractivity contribution >= 4 is 23.2 Å². The Morgan fingerprint density at radius 1 is 1.03 bits per heavy atom. The van der Waals surface area contributed by atoms with Crippen LogP contribution in [0, 0.1) is 0 Å². The summed E-state index contributed by atoms with van der Waals surface area (Å²) in [6.07, 6.45) is 1.52. The van der Waals surface area contributed by atoms with Crippen LogP contribution < -0.4 is 4.74 Å². The predicted molar refractivity (Wildman–Crippen MR) is 143 cm³/mol. The van der Waals surface area contributed by atoms with E-state index in [9.17, 15) is 9.59 Å². The number of carbonyl (C=O) groups is 2. The van der Waals surface area contributed by atoms with Gasteiger partial charge in [0.15, 0.2) is 0 Å². The molecule has 5 rings (SSSR count). The molecule has 2 aromatic carbocycles. The molecule has 2 aliphatic heterocycles. The Hall–Kier alpha value is -3.16. The molecule has 1 fully saturated rings. The fraction of sp³-hybridized carbons (Fsp3) is 0.379. The average Bonchev–Trinajstić information content (AvgIpc) is 3.40. The van der Waals surface area contributed by atoms with Gasteiger partial charge in [0.05, 0.1) is 13.2 Å². The SMILES string of the molecule is COc1cccc(C(=O)N2CCN(C(=O)CCN3CCc4sccc4[C@H]3c3ccccc3)C[C@@H]2C)c1. The second-order valence-electron chi connectivity index (χ2n) is 9.57. The zero-order chi connectivity index (χ0) is 25.1. The van der Waals surface area contributed by atoms with Crippen LogP contribution in [0.2, 0.25) is 0 Å². The molecule has 3 aromatic rings. The summed E-state index contributed by atoms with van der Waals surface area (Å²) in [5.41, 5.74) is 3.27. The quantitative estimate of drug-likeness (QED) is 0.498. The number of hydrogen-bond donors (Lipinski definition) is 0. The number of methoxy groups -OCH3 is 1. The molecule has 0 unspecified atom stereocenters. The van der Waals surface area contributed by atoms with Gasteiger partial charge < -0.3 is 14.5 Å². The van der Waals surface area contributed by atoms with Crippen LogP contribution in [-0.2, 0) is 11.2 Å². The van der Waals surface area contributed by atoms with E-state index in [1.807, 2.05) is 46.3 Å². The molecule has 2 atom stereocenters. The number of rotatable bonds is 6. The standard InChI is InChI=1S/C29H33N3O3S/c1-21-20-31(16-17-32(21)29(34)23-9-6-10-24(19-23)35-2)27(33)12-15-30-14-11-26-25(13-18-36-26)28(30)22-7-4-3-5-8-22/h3-10,13,18-19,21,28H,11-12,14-17,20H2,1-2H3/t21-,28+/m0/s1. The Labute approximate surface area is 217 Å². The number of hydrogen-bond acceptors (Lipinski definition) is 5. The van der Waals surface area contributed by atoms with E-state index in [4.69, 9.17) is 4.74 Å². The van der Waals surface area contributed by atoms with Crippen molar-refractivity contribution in [1.82, 2.24) is 14.7 Å². The lowest BCUT2D eigenvalue weighted by molar-refractivity contribution is -0.134. The smallest absolute Gasteiger partial charge is 0.254 e. The highest BCUT2D eigenvalue weighted by molar-refractivity contribution is 7.10. The molecule has 0 radical (unpaired) electrons. The summed E-state index contributed by atoms with van der Waals surface area (Å²) in [6.45, 7) is 5.37. The lowest BCUT2D eigenvalue weighted by atomic mass is 9.93. The Balaban J connectivity index is 1.20. The normalized spacial score (nSPS) is 20.2. The van der Waals surface area contributed by atoms with Crippen molar-refractivity contribution in [3.05, 3.63) is 87.6 Å².